The van der Waals surface area contributed by atoms with Crippen LogP contribution < -0.4 is 0 Å². The Morgan fingerprint density at radius 2 is 2.08 bits per heavy atom. The average Bonchev–Trinajstić information content (AvgIpc) is 2.17. The van der Waals surface area contributed by atoms with Gasteiger partial charge in [0.05, 0.1) is 5.92 Å². The van der Waals surface area contributed by atoms with Crippen LogP contribution in [0.5, 0.6) is 0 Å². The summed E-state index contributed by atoms with van der Waals surface area (Å²) >= 11 is 0. The molecule has 0 atom stereocenters. The molecule has 12 heavy (non-hydrogen) atoms. The highest BCUT2D eigenvalue weighted by atomic mass is 16.1. The van der Waals surface area contributed by atoms with Crippen molar-refractivity contribution < 1.29 is 4.79 Å². The van der Waals surface area contributed by atoms with Gasteiger partial charge in [0.1, 0.15) is 6.29 Å². The minimum absolute atomic E-state index is 0.789. The van der Waals surface area contributed by atoms with Crippen LogP contribution in [0.1, 0.15) is 11.1 Å². The Hall–Kier alpha value is -1.37. The fourth-order valence-corrected chi connectivity index (χ4v) is 1.49. The zero-order valence-electron chi connectivity index (χ0n) is 6.66. The van der Waals surface area contributed by atoms with Crippen LogP contribution >= 0.6 is 0 Å². The van der Waals surface area contributed by atoms with E-state index in [0.29, 0.717) is 0 Å². The van der Waals surface area contributed by atoms with E-state index in [9.17, 15) is 4.79 Å². The van der Waals surface area contributed by atoms with Crippen LogP contribution in [-0.4, -0.2) is 6.29 Å². The van der Waals surface area contributed by atoms with Crippen molar-refractivity contribution in [1.82, 2.24) is 0 Å². The molecule has 1 aliphatic carbocycles. The molecule has 0 aromatic heterocycles. The van der Waals surface area contributed by atoms with Gasteiger partial charge in [-0.05, 0) is 17.5 Å². The summed E-state index contributed by atoms with van der Waals surface area (Å²) in [4.78, 5) is 10.6. The van der Waals surface area contributed by atoms with Crippen molar-refractivity contribution in [3.8, 4) is 0 Å². The Balaban J connectivity index is 2.49. The number of rotatable bonds is 1. The second-order valence-electron chi connectivity index (χ2n) is 2.84. The van der Waals surface area contributed by atoms with Crippen LogP contribution in [0.2, 0.25) is 0 Å². The molecule has 1 nitrogen and oxygen atoms in total. The lowest BCUT2D eigenvalue weighted by molar-refractivity contribution is -0.105. The number of allylic oxidation sites excluding steroid dienone is 2. The lowest BCUT2D eigenvalue weighted by Crippen LogP contribution is -2.05. The number of carbonyl (C=O) groups is 1. The highest BCUT2D eigenvalue weighted by Crippen LogP contribution is 2.23. The molecule has 1 aliphatic rings. The number of fused-ring (bicyclic) bond motifs is 1. The predicted molar refractivity (Wildman–Crippen MR) is 47.7 cm³/mol. The van der Waals surface area contributed by atoms with Crippen LogP contribution in [0.4, 0.5) is 0 Å². The first-order valence-corrected chi connectivity index (χ1v) is 3.99. The van der Waals surface area contributed by atoms with Crippen LogP contribution in [0.15, 0.2) is 36.4 Å². The summed E-state index contributed by atoms with van der Waals surface area (Å²) in [6.45, 7) is 0. The first-order chi connectivity index (χ1) is 5.92. The van der Waals surface area contributed by atoms with Crippen molar-refractivity contribution in [3.05, 3.63) is 53.5 Å². The molecule has 0 bridgehead atoms. The van der Waals surface area contributed by atoms with Crippen LogP contribution in [0.25, 0.3) is 0 Å². The first kappa shape index (κ1) is 7.29. The highest BCUT2D eigenvalue weighted by Gasteiger charge is 2.14. The number of aldehydes is 1. The molecule has 0 unspecified atom stereocenters. The fraction of sp³-hybridized carbons (Fsp3) is 0.0909. The summed E-state index contributed by atoms with van der Waals surface area (Å²) in [5.41, 5.74) is 2.32. The predicted octanol–water partition coefficient (Wildman–Crippen LogP) is 1.92. The molecule has 1 aromatic carbocycles. The fourth-order valence-electron chi connectivity index (χ4n) is 1.49. The van der Waals surface area contributed by atoms with Gasteiger partial charge in [0, 0.05) is 0 Å². The maximum atomic E-state index is 10.6. The zero-order valence-corrected chi connectivity index (χ0v) is 6.66. The summed E-state index contributed by atoms with van der Waals surface area (Å²) in [6, 6.07) is 8.01. The van der Waals surface area contributed by atoms with Crippen molar-refractivity contribution >= 4 is 6.29 Å². The van der Waals surface area contributed by atoms with Gasteiger partial charge in [0.15, 0.2) is 0 Å². The third kappa shape index (κ3) is 1.07. The molecule has 1 radical (unpaired) electrons. The lowest BCUT2D eigenvalue weighted by atomic mass is 9.89. The standard InChI is InChI=1S/C11H9O/c12-8-10-6-3-5-9-4-1-2-7-11(9)10/h1-4,6-8H,5H2. The van der Waals surface area contributed by atoms with Crippen molar-refractivity contribution in [2.75, 3.05) is 0 Å². The van der Waals surface area contributed by atoms with Crippen molar-refractivity contribution in [2.45, 2.75) is 6.42 Å². The van der Waals surface area contributed by atoms with Gasteiger partial charge in [-0.15, -0.1) is 0 Å². The summed E-state index contributed by atoms with van der Waals surface area (Å²) in [6.07, 6.45) is 5.75. The molecule has 59 valence electrons. The van der Waals surface area contributed by atoms with Crippen molar-refractivity contribution in [2.24, 2.45) is 0 Å². The van der Waals surface area contributed by atoms with Gasteiger partial charge in [-0.2, -0.15) is 0 Å². The number of hydrogen-bond acceptors (Lipinski definition) is 1. The SMILES string of the molecule is O=C[C]1C=CCc2ccccc21. The second-order valence-corrected chi connectivity index (χ2v) is 2.84. The molecule has 0 N–H and O–H groups in total. The van der Waals surface area contributed by atoms with E-state index < -0.39 is 0 Å². The van der Waals surface area contributed by atoms with Crippen LogP contribution in [0.3, 0.4) is 0 Å². The minimum atomic E-state index is 0.789. The van der Waals surface area contributed by atoms with Gasteiger partial charge in [-0.25, -0.2) is 0 Å². The monoisotopic (exact) mass is 157 g/mol. The van der Waals surface area contributed by atoms with E-state index in [4.69, 9.17) is 0 Å². The van der Waals surface area contributed by atoms with E-state index in [0.717, 1.165) is 24.2 Å². The van der Waals surface area contributed by atoms with Crippen molar-refractivity contribution in [1.29, 1.82) is 0 Å². The van der Waals surface area contributed by atoms with Gasteiger partial charge in [-0.3, -0.25) is 0 Å². The Bertz CT molecular complexity index is 326. The van der Waals surface area contributed by atoms with Gasteiger partial charge >= 0.3 is 0 Å². The van der Waals surface area contributed by atoms with Gasteiger partial charge in [-0.1, -0.05) is 36.4 Å². The molecule has 0 amide bonds. The van der Waals surface area contributed by atoms with Gasteiger partial charge in [0.2, 0.25) is 0 Å². The molecule has 0 heterocycles. The van der Waals surface area contributed by atoms with E-state index in [-0.39, 0.29) is 0 Å². The van der Waals surface area contributed by atoms with Gasteiger partial charge in [0.25, 0.3) is 0 Å². The maximum absolute atomic E-state index is 10.6. The molecule has 0 saturated heterocycles. The Labute approximate surface area is 71.7 Å². The number of carbonyl (C=O) groups excluding carboxylic acids is 1. The Kier molecular flexibility index (Phi) is 1.78. The molecule has 2 rings (SSSR count). The molecular formula is C11H9O. The van der Waals surface area contributed by atoms with E-state index in [2.05, 4.69) is 6.07 Å². The highest BCUT2D eigenvalue weighted by molar-refractivity contribution is 5.81. The molecule has 0 saturated carbocycles. The third-order valence-corrected chi connectivity index (χ3v) is 2.09. The molecule has 1 aromatic rings. The summed E-state index contributed by atoms with van der Waals surface area (Å²) in [5, 5.41) is 0. The van der Waals surface area contributed by atoms with Crippen LogP contribution in [-0.2, 0) is 11.2 Å². The minimum Gasteiger partial charge on any atom is -0.302 e. The maximum Gasteiger partial charge on any atom is 0.136 e. The van der Waals surface area contributed by atoms with Crippen LogP contribution in [0, 0.1) is 5.92 Å². The molecule has 0 aliphatic heterocycles. The molecular weight excluding hydrogens is 148 g/mol. The third-order valence-electron chi connectivity index (χ3n) is 2.09. The van der Waals surface area contributed by atoms with E-state index in [1.165, 1.54) is 5.56 Å². The summed E-state index contributed by atoms with van der Waals surface area (Å²) in [5.74, 6) is 0.789. The molecule has 0 spiro atoms. The van der Waals surface area contributed by atoms with Gasteiger partial charge < -0.3 is 4.79 Å². The topological polar surface area (TPSA) is 17.1 Å². The normalized spacial score (nSPS) is 15.7. The Morgan fingerprint density at radius 3 is 2.92 bits per heavy atom. The van der Waals surface area contributed by atoms with E-state index >= 15 is 0 Å². The first-order valence-electron chi connectivity index (χ1n) is 3.99. The van der Waals surface area contributed by atoms with E-state index in [1.54, 1.807) is 0 Å². The number of benzene rings is 1. The van der Waals surface area contributed by atoms with Crippen molar-refractivity contribution in [3.63, 3.8) is 0 Å². The quantitative estimate of drug-likeness (QED) is 0.569. The molecule has 1 heteroatoms. The summed E-state index contributed by atoms with van der Waals surface area (Å²) < 4.78 is 0. The zero-order chi connectivity index (χ0) is 8.39. The van der Waals surface area contributed by atoms with E-state index in [1.807, 2.05) is 30.4 Å². The lowest BCUT2D eigenvalue weighted by Gasteiger charge is -2.14. The summed E-state index contributed by atoms with van der Waals surface area (Å²) in [7, 11) is 0. The largest absolute Gasteiger partial charge is 0.302 e. The number of hydrogen-bond donors (Lipinski definition) is 0. The second kappa shape index (κ2) is 2.94. The average molecular weight is 157 g/mol. The molecule has 0 fully saturated rings. The Morgan fingerprint density at radius 1 is 1.25 bits per heavy atom. The smallest absolute Gasteiger partial charge is 0.136 e.